The average molecular weight is 1470 g/mol. The standard InChI is InChI=1S/8C12H24O/c1-5-9(3)11-6-8(2)7-12(13)10(11)4;1-5-9(3)12-10(4)6-8(2)7-11(12)13;1-5-9(3)11-7-8(2)6-10(4)12(11)13;1-5-8(2)11-6-9(3)10(4)7-12(11)13;1-5-8(2)12-9(3)6-7-11(13)10(12)4;1-5-8(2)11-7-6-9(3)12(13)10(11)4;1-5-8(2)11-7-6-9(3)10(4)12(11)13;1-5-8(2)11-9(3)6-7-10(4)12(11)13/h8*8-13H,5-7H2,1-4H3. The molecule has 0 aromatic heterocycles. The molecule has 0 amide bonds. The Morgan fingerprint density at radius 3 is 1.10 bits per heavy atom. The largest absolute Gasteiger partial charge is 0.393 e. The highest BCUT2D eigenvalue weighted by molar-refractivity contribution is 4.92. The summed E-state index contributed by atoms with van der Waals surface area (Å²) in [5.74, 6) is 20.8. The average Bonchev–Trinajstić information content (AvgIpc) is 0.911. The number of aliphatic hydroxyl groups is 8. The van der Waals surface area contributed by atoms with Crippen molar-refractivity contribution in [2.75, 3.05) is 0 Å². The quantitative estimate of drug-likeness (QED) is 0.0758. The highest BCUT2D eigenvalue weighted by Gasteiger charge is 2.42. The van der Waals surface area contributed by atoms with Gasteiger partial charge in [-0.05, 0) is 292 Å². The molecule has 0 bridgehead atoms. The highest BCUT2D eigenvalue weighted by Crippen LogP contribution is 2.46. The first-order valence-electron chi connectivity index (χ1n) is 46.0. The van der Waals surface area contributed by atoms with E-state index in [4.69, 9.17) is 0 Å². The third kappa shape index (κ3) is 31.9. The normalized spacial score (nSPS) is 43.2. The monoisotopic (exact) mass is 1470 g/mol. The minimum Gasteiger partial charge on any atom is -0.393 e. The van der Waals surface area contributed by atoms with E-state index in [9.17, 15) is 40.9 Å². The van der Waals surface area contributed by atoms with Gasteiger partial charge in [-0.25, -0.2) is 0 Å². The van der Waals surface area contributed by atoms with Crippen LogP contribution in [0.25, 0.3) is 0 Å². The number of rotatable bonds is 16. The molecule has 8 nitrogen and oxygen atoms in total. The second-order valence-electron chi connectivity index (χ2n) is 40.1. The second kappa shape index (κ2) is 51.4. The van der Waals surface area contributed by atoms with E-state index in [-0.39, 0.29) is 48.8 Å². The Kier molecular flexibility index (Phi) is 50.3. The van der Waals surface area contributed by atoms with Crippen molar-refractivity contribution >= 4 is 0 Å². The van der Waals surface area contributed by atoms with Crippen LogP contribution < -0.4 is 0 Å². The fourth-order valence-electron chi connectivity index (χ4n) is 22.2. The van der Waals surface area contributed by atoms with Gasteiger partial charge in [-0.15, -0.1) is 0 Å². The van der Waals surface area contributed by atoms with Gasteiger partial charge in [-0.1, -0.05) is 273 Å². The van der Waals surface area contributed by atoms with E-state index in [1.165, 1.54) is 128 Å². The van der Waals surface area contributed by atoms with E-state index < -0.39 is 0 Å². The van der Waals surface area contributed by atoms with Gasteiger partial charge in [-0.3, -0.25) is 0 Å². The molecular weight excluding hydrogens is 1280 g/mol. The maximum Gasteiger partial charge on any atom is 0.0598 e. The predicted octanol–water partition coefficient (Wildman–Crippen LogP) is 24.6. The van der Waals surface area contributed by atoms with Crippen LogP contribution in [-0.4, -0.2) is 89.7 Å². The van der Waals surface area contributed by atoms with Gasteiger partial charge in [0.1, 0.15) is 0 Å². The van der Waals surface area contributed by atoms with Crippen molar-refractivity contribution in [3.05, 3.63) is 0 Å². The lowest BCUT2D eigenvalue weighted by molar-refractivity contribution is -0.0286. The summed E-state index contributed by atoms with van der Waals surface area (Å²) in [6, 6.07) is 0. The van der Waals surface area contributed by atoms with Crippen molar-refractivity contribution in [2.45, 2.75) is 424 Å². The molecule has 8 aliphatic rings. The highest BCUT2D eigenvalue weighted by atomic mass is 16.3. The van der Waals surface area contributed by atoms with Gasteiger partial charge in [0.05, 0.1) is 48.8 Å². The summed E-state index contributed by atoms with van der Waals surface area (Å²) in [5.41, 5.74) is 0. The molecule has 8 aliphatic carbocycles. The molecular formula is C96H192O8. The molecule has 0 aromatic rings. The topological polar surface area (TPSA) is 162 Å². The Labute approximate surface area is 651 Å². The van der Waals surface area contributed by atoms with Crippen LogP contribution in [0.4, 0.5) is 0 Å². The first-order valence-corrected chi connectivity index (χ1v) is 46.0. The van der Waals surface area contributed by atoms with Gasteiger partial charge < -0.3 is 40.9 Å². The first kappa shape index (κ1) is 102. The van der Waals surface area contributed by atoms with Crippen LogP contribution in [0, 0.1) is 189 Å². The molecule has 40 unspecified atom stereocenters. The van der Waals surface area contributed by atoms with Crippen molar-refractivity contribution in [1.82, 2.24) is 0 Å². The minimum absolute atomic E-state index is 0.0406. The fourth-order valence-corrected chi connectivity index (χ4v) is 22.2. The lowest BCUT2D eigenvalue weighted by Crippen LogP contribution is -2.40. The molecule has 0 saturated heterocycles. The lowest BCUT2D eigenvalue weighted by Gasteiger charge is -2.41. The van der Waals surface area contributed by atoms with Gasteiger partial charge in [0.25, 0.3) is 0 Å². The summed E-state index contributed by atoms with van der Waals surface area (Å²) in [5, 5.41) is 79.9. The Balaban J connectivity index is 0.000000594. The first-order chi connectivity index (χ1) is 48.5. The zero-order chi connectivity index (χ0) is 80.1. The molecule has 0 heterocycles. The van der Waals surface area contributed by atoms with Crippen molar-refractivity contribution in [2.24, 2.45) is 189 Å². The molecule has 624 valence electrons. The van der Waals surface area contributed by atoms with Crippen molar-refractivity contribution in [1.29, 1.82) is 0 Å². The maximum absolute atomic E-state index is 10.1. The second-order valence-corrected chi connectivity index (χ2v) is 40.1. The molecule has 104 heavy (non-hydrogen) atoms. The van der Waals surface area contributed by atoms with Gasteiger partial charge in [0.2, 0.25) is 0 Å². The van der Waals surface area contributed by atoms with E-state index in [0.29, 0.717) is 136 Å². The van der Waals surface area contributed by atoms with E-state index in [2.05, 4.69) is 222 Å². The summed E-state index contributed by atoms with van der Waals surface area (Å²) in [4.78, 5) is 0. The molecule has 8 saturated carbocycles. The Hall–Kier alpha value is -0.320. The number of hydrogen-bond donors (Lipinski definition) is 8. The molecule has 8 rings (SSSR count). The maximum atomic E-state index is 10.1. The summed E-state index contributed by atoms with van der Waals surface area (Å²) in [7, 11) is 0. The predicted molar refractivity (Wildman–Crippen MR) is 452 cm³/mol. The molecule has 0 spiro atoms. The summed E-state index contributed by atoms with van der Waals surface area (Å²) in [6.07, 6.45) is 28.4. The van der Waals surface area contributed by atoms with Crippen molar-refractivity contribution < 1.29 is 40.9 Å². The lowest BCUT2D eigenvalue weighted by atomic mass is 9.66. The van der Waals surface area contributed by atoms with E-state index >= 15 is 0 Å². The van der Waals surface area contributed by atoms with Crippen LogP contribution in [0.5, 0.6) is 0 Å². The smallest absolute Gasteiger partial charge is 0.0598 e. The third-order valence-electron chi connectivity index (χ3n) is 32.2. The van der Waals surface area contributed by atoms with Gasteiger partial charge in [-0.2, -0.15) is 0 Å². The minimum atomic E-state index is -0.0623. The summed E-state index contributed by atoms with van der Waals surface area (Å²) in [6.45, 7) is 72.3. The molecule has 40 atom stereocenters. The fraction of sp³-hybridized carbons (Fsp3) is 1.00. The number of aliphatic hydroxyl groups excluding tert-OH is 8. The molecule has 0 aliphatic heterocycles. The Bertz CT molecular complexity index is 1970. The van der Waals surface area contributed by atoms with E-state index in [0.717, 1.165) is 78.9 Å². The SMILES string of the molecule is CCC(C)C1C(C)CC(C)CC1O.CCC(C)C1C(C)CCC(C)C1O.CCC(C)C1C(C)CCC(O)C1C.CCC(C)C1CC(C)C(C)CC1O.CCC(C)C1CC(C)CC(C)C1O.CCC(C)C1CC(C)CC(O)C1C.CCC(C)C1CCC(C)C(C)C1O.CCC(C)C1CCC(C)C(O)C1C. The van der Waals surface area contributed by atoms with Crippen LogP contribution >= 0.6 is 0 Å². The van der Waals surface area contributed by atoms with Crippen LogP contribution in [0.1, 0.15) is 376 Å². The molecule has 8 fully saturated rings. The molecule has 0 radical (unpaired) electrons. The molecule has 0 aromatic carbocycles. The summed E-state index contributed by atoms with van der Waals surface area (Å²) >= 11 is 0. The van der Waals surface area contributed by atoms with Crippen LogP contribution in [0.2, 0.25) is 0 Å². The van der Waals surface area contributed by atoms with Gasteiger partial charge in [0, 0.05) is 0 Å². The zero-order valence-electron chi connectivity index (χ0n) is 75.6. The molecule has 8 heteroatoms. The van der Waals surface area contributed by atoms with Crippen molar-refractivity contribution in [3.63, 3.8) is 0 Å². The van der Waals surface area contributed by atoms with E-state index in [1.807, 2.05) is 0 Å². The Morgan fingerprint density at radius 1 is 0.202 bits per heavy atom. The van der Waals surface area contributed by atoms with Crippen LogP contribution in [0.15, 0.2) is 0 Å². The van der Waals surface area contributed by atoms with Crippen LogP contribution in [-0.2, 0) is 0 Å². The van der Waals surface area contributed by atoms with Crippen molar-refractivity contribution in [3.8, 4) is 0 Å². The van der Waals surface area contributed by atoms with Gasteiger partial charge >= 0.3 is 0 Å². The Morgan fingerprint density at radius 2 is 0.567 bits per heavy atom. The van der Waals surface area contributed by atoms with Crippen LogP contribution in [0.3, 0.4) is 0 Å². The van der Waals surface area contributed by atoms with Gasteiger partial charge in [0.15, 0.2) is 0 Å². The van der Waals surface area contributed by atoms with E-state index in [1.54, 1.807) is 0 Å². The summed E-state index contributed by atoms with van der Waals surface area (Å²) < 4.78 is 0. The number of hydrogen-bond acceptors (Lipinski definition) is 8. The molecule has 8 N–H and O–H groups in total. The zero-order valence-corrected chi connectivity index (χ0v) is 75.6. The third-order valence-corrected chi connectivity index (χ3v) is 32.2.